The van der Waals surface area contributed by atoms with Crippen LogP contribution in [0.3, 0.4) is 0 Å². The van der Waals surface area contributed by atoms with Crippen LogP contribution in [0.5, 0.6) is 5.75 Å². The quantitative estimate of drug-likeness (QED) is 0.606. The first-order valence-electron chi connectivity index (χ1n) is 6.93. The number of ether oxygens (including phenoxy) is 1. The Morgan fingerprint density at radius 1 is 0.762 bits per heavy atom. The number of hydrogen-bond acceptors (Lipinski definition) is 3. The van der Waals surface area contributed by atoms with Crippen molar-refractivity contribution in [2.45, 2.75) is 26.4 Å². The molecule has 0 amide bonds. The zero-order chi connectivity index (χ0) is 15.1. The van der Waals surface area contributed by atoms with E-state index >= 15 is 0 Å². The van der Waals surface area contributed by atoms with Gasteiger partial charge in [-0.3, -0.25) is 0 Å². The molecule has 0 aliphatic rings. The van der Waals surface area contributed by atoms with E-state index in [1.807, 2.05) is 75.4 Å². The van der Waals surface area contributed by atoms with Gasteiger partial charge in [0.2, 0.25) is 0 Å². The van der Waals surface area contributed by atoms with Crippen LogP contribution in [-0.2, 0) is 0 Å². The molecule has 2 aromatic rings. The van der Waals surface area contributed by atoms with Crippen molar-refractivity contribution >= 4 is 12.4 Å². The normalized spacial score (nSPS) is 12.1. The molecule has 0 unspecified atom stereocenters. The Balaban J connectivity index is 1.94. The topological polar surface area (TPSA) is 34.0 Å². The van der Waals surface area contributed by atoms with E-state index in [0.29, 0.717) is 0 Å². The molecule has 2 aromatic carbocycles. The first kappa shape index (κ1) is 15.0. The van der Waals surface area contributed by atoms with Crippen LogP contribution in [0.2, 0.25) is 0 Å². The lowest BCUT2D eigenvalue weighted by atomic mass is 10.2. The van der Waals surface area contributed by atoms with Crippen LogP contribution in [0.25, 0.3) is 0 Å². The minimum absolute atomic E-state index is 0.185. The third kappa shape index (κ3) is 5.61. The van der Waals surface area contributed by atoms with Crippen molar-refractivity contribution in [2.75, 3.05) is 0 Å². The smallest absolute Gasteiger partial charge is 0.120 e. The standard InChI is InChI=1S/C18H20N2O/c1-18(2,3)21-17-11-9-16(10-12-17)14-20-19-13-15-7-5-4-6-8-15/h4-14H,1-3H3/b19-13+,20-14+. The Morgan fingerprint density at radius 3 is 1.81 bits per heavy atom. The van der Waals surface area contributed by atoms with Crippen molar-refractivity contribution in [1.29, 1.82) is 0 Å². The van der Waals surface area contributed by atoms with Gasteiger partial charge in [-0.2, -0.15) is 10.2 Å². The number of hydrogen-bond donors (Lipinski definition) is 0. The summed E-state index contributed by atoms with van der Waals surface area (Å²) >= 11 is 0. The molecular formula is C18H20N2O. The van der Waals surface area contributed by atoms with Crippen LogP contribution < -0.4 is 4.74 Å². The highest BCUT2D eigenvalue weighted by Gasteiger charge is 2.10. The van der Waals surface area contributed by atoms with Crippen LogP contribution >= 0.6 is 0 Å². The highest BCUT2D eigenvalue weighted by molar-refractivity contribution is 5.82. The maximum absolute atomic E-state index is 5.77. The summed E-state index contributed by atoms with van der Waals surface area (Å²) in [5.74, 6) is 0.854. The molecule has 0 saturated carbocycles. The molecule has 0 fully saturated rings. The Labute approximate surface area is 126 Å². The van der Waals surface area contributed by atoms with Gasteiger partial charge in [0.05, 0.1) is 12.4 Å². The maximum Gasteiger partial charge on any atom is 0.120 e. The van der Waals surface area contributed by atoms with Gasteiger partial charge in [0, 0.05) is 0 Å². The lowest BCUT2D eigenvalue weighted by Crippen LogP contribution is -2.22. The van der Waals surface area contributed by atoms with Crippen molar-refractivity contribution in [3.63, 3.8) is 0 Å². The Morgan fingerprint density at radius 2 is 1.29 bits per heavy atom. The molecule has 0 saturated heterocycles. The summed E-state index contributed by atoms with van der Waals surface area (Å²) in [7, 11) is 0. The van der Waals surface area contributed by atoms with Gasteiger partial charge in [0.15, 0.2) is 0 Å². The van der Waals surface area contributed by atoms with Crippen LogP contribution in [-0.4, -0.2) is 18.0 Å². The molecular weight excluding hydrogens is 260 g/mol. The van der Waals surface area contributed by atoms with Crippen LogP contribution in [0.4, 0.5) is 0 Å². The van der Waals surface area contributed by atoms with Gasteiger partial charge in [0.1, 0.15) is 11.4 Å². The molecule has 0 atom stereocenters. The average Bonchev–Trinajstić information content (AvgIpc) is 2.45. The molecule has 0 N–H and O–H groups in total. The summed E-state index contributed by atoms with van der Waals surface area (Å²) < 4.78 is 5.77. The predicted octanol–water partition coefficient (Wildman–Crippen LogP) is 4.32. The molecule has 0 spiro atoms. The molecule has 0 radical (unpaired) electrons. The Kier molecular flexibility index (Phi) is 4.88. The van der Waals surface area contributed by atoms with Crippen molar-refractivity contribution in [2.24, 2.45) is 10.2 Å². The summed E-state index contributed by atoms with van der Waals surface area (Å²) in [6.45, 7) is 6.09. The summed E-state index contributed by atoms with van der Waals surface area (Å²) in [5.41, 5.74) is 1.83. The summed E-state index contributed by atoms with van der Waals surface area (Å²) in [6.07, 6.45) is 3.45. The molecule has 0 aliphatic carbocycles. The average molecular weight is 280 g/mol. The minimum atomic E-state index is -0.185. The molecule has 108 valence electrons. The minimum Gasteiger partial charge on any atom is -0.488 e. The predicted molar refractivity (Wildman–Crippen MR) is 88.5 cm³/mol. The van der Waals surface area contributed by atoms with Crippen molar-refractivity contribution < 1.29 is 4.74 Å². The van der Waals surface area contributed by atoms with Crippen molar-refractivity contribution in [1.82, 2.24) is 0 Å². The Hall–Kier alpha value is -2.42. The summed E-state index contributed by atoms with van der Waals surface area (Å²) in [4.78, 5) is 0. The maximum atomic E-state index is 5.77. The zero-order valence-electron chi connectivity index (χ0n) is 12.7. The van der Waals surface area contributed by atoms with Crippen molar-refractivity contribution in [3.8, 4) is 5.75 Å². The second kappa shape index (κ2) is 6.84. The van der Waals surface area contributed by atoms with Crippen LogP contribution in [0.15, 0.2) is 64.8 Å². The SMILES string of the molecule is CC(C)(C)Oc1ccc(/C=N/N=C/c2ccccc2)cc1. The van der Waals surface area contributed by atoms with E-state index in [1.165, 1.54) is 0 Å². The molecule has 2 rings (SSSR count). The summed E-state index contributed by atoms with van der Waals surface area (Å²) in [5, 5.41) is 8.08. The van der Waals surface area contributed by atoms with Gasteiger partial charge >= 0.3 is 0 Å². The highest BCUT2D eigenvalue weighted by atomic mass is 16.5. The van der Waals surface area contributed by atoms with Gasteiger partial charge in [0.25, 0.3) is 0 Å². The van der Waals surface area contributed by atoms with Crippen LogP contribution in [0, 0.1) is 0 Å². The van der Waals surface area contributed by atoms with E-state index < -0.39 is 0 Å². The lowest BCUT2D eigenvalue weighted by molar-refractivity contribution is 0.131. The molecule has 21 heavy (non-hydrogen) atoms. The molecule has 3 heteroatoms. The summed E-state index contributed by atoms with van der Waals surface area (Å²) in [6, 6.07) is 17.7. The van der Waals surface area contributed by atoms with E-state index in [0.717, 1.165) is 16.9 Å². The van der Waals surface area contributed by atoms with Gasteiger partial charge in [-0.05, 0) is 56.2 Å². The molecule has 0 aromatic heterocycles. The second-order valence-corrected chi connectivity index (χ2v) is 5.68. The van der Waals surface area contributed by atoms with Gasteiger partial charge in [-0.1, -0.05) is 30.3 Å². The molecule has 3 nitrogen and oxygen atoms in total. The van der Waals surface area contributed by atoms with Crippen LogP contribution in [0.1, 0.15) is 31.9 Å². The second-order valence-electron chi connectivity index (χ2n) is 5.68. The fourth-order valence-corrected chi connectivity index (χ4v) is 1.71. The third-order valence-electron chi connectivity index (χ3n) is 2.58. The third-order valence-corrected chi connectivity index (χ3v) is 2.58. The van der Waals surface area contributed by atoms with Gasteiger partial charge < -0.3 is 4.74 Å². The van der Waals surface area contributed by atoms with E-state index in [-0.39, 0.29) is 5.60 Å². The number of benzene rings is 2. The highest BCUT2D eigenvalue weighted by Crippen LogP contribution is 2.17. The van der Waals surface area contributed by atoms with E-state index in [9.17, 15) is 0 Å². The molecule has 0 bridgehead atoms. The number of nitrogens with zero attached hydrogens (tertiary/aromatic N) is 2. The van der Waals surface area contributed by atoms with Gasteiger partial charge in [-0.15, -0.1) is 0 Å². The van der Waals surface area contributed by atoms with Crippen molar-refractivity contribution in [3.05, 3.63) is 65.7 Å². The molecule has 0 heterocycles. The van der Waals surface area contributed by atoms with Gasteiger partial charge in [-0.25, -0.2) is 0 Å². The monoisotopic (exact) mass is 280 g/mol. The lowest BCUT2D eigenvalue weighted by Gasteiger charge is -2.21. The van der Waals surface area contributed by atoms with E-state index in [1.54, 1.807) is 12.4 Å². The first-order chi connectivity index (χ1) is 10.0. The fourth-order valence-electron chi connectivity index (χ4n) is 1.71. The Bertz CT molecular complexity index is 608. The zero-order valence-corrected chi connectivity index (χ0v) is 12.7. The van der Waals surface area contributed by atoms with E-state index in [4.69, 9.17) is 4.74 Å². The van der Waals surface area contributed by atoms with E-state index in [2.05, 4.69) is 10.2 Å². The molecule has 0 aliphatic heterocycles. The first-order valence-corrected chi connectivity index (χ1v) is 6.93. The number of rotatable bonds is 4. The fraction of sp³-hybridized carbons (Fsp3) is 0.222. The largest absolute Gasteiger partial charge is 0.488 e.